The second-order valence-corrected chi connectivity index (χ2v) is 7.12. The van der Waals surface area contributed by atoms with Crippen LogP contribution in [0.2, 0.25) is 0 Å². The number of rotatable bonds is 4. The van der Waals surface area contributed by atoms with Gasteiger partial charge in [-0.15, -0.1) is 0 Å². The molecule has 0 radical (unpaired) electrons. The van der Waals surface area contributed by atoms with E-state index in [2.05, 4.69) is 23.2 Å². The summed E-state index contributed by atoms with van der Waals surface area (Å²) in [5, 5.41) is 4.03. The first-order chi connectivity index (χ1) is 14.3. The second-order valence-electron chi connectivity index (χ2n) is 7.12. The Bertz CT molecular complexity index is 1290. The molecule has 29 heavy (non-hydrogen) atoms. The van der Waals surface area contributed by atoms with Crippen LogP contribution in [0.25, 0.3) is 21.5 Å². The molecule has 1 aromatic heterocycles. The highest BCUT2D eigenvalue weighted by molar-refractivity contribution is 6.23. The summed E-state index contributed by atoms with van der Waals surface area (Å²) < 4.78 is 2.00. The van der Waals surface area contributed by atoms with Gasteiger partial charge in [-0.05, 0) is 27.6 Å². The molecule has 0 bridgehead atoms. The molecule has 3 heteroatoms. The zero-order valence-electron chi connectivity index (χ0n) is 15.8. The molecule has 0 unspecified atom stereocenters. The molecule has 138 valence electrons. The summed E-state index contributed by atoms with van der Waals surface area (Å²) >= 11 is 0. The van der Waals surface area contributed by atoms with Crippen molar-refractivity contribution in [2.24, 2.45) is 0 Å². The lowest BCUT2D eigenvalue weighted by atomic mass is 9.93. The van der Waals surface area contributed by atoms with Crippen molar-refractivity contribution < 1.29 is 9.36 Å². The van der Waals surface area contributed by atoms with E-state index in [9.17, 15) is 4.79 Å². The zero-order valence-corrected chi connectivity index (χ0v) is 15.8. The third kappa shape index (κ3) is 3.27. The molecule has 3 nitrogen and oxygen atoms in total. The number of carbonyl (C=O) groups excluding carboxylic acids is 1. The molecule has 0 N–H and O–H groups in total. The average molecular weight is 375 g/mol. The molecule has 0 spiro atoms. The minimum Gasteiger partial charge on any atom is -0.287 e. The van der Waals surface area contributed by atoms with E-state index in [-0.39, 0.29) is 5.78 Å². The molecule has 0 atom stereocenters. The number of benzene rings is 4. The van der Waals surface area contributed by atoms with Crippen LogP contribution in [0, 0.1) is 0 Å². The third-order valence-corrected chi connectivity index (χ3v) is 5.20. The van der Waals surface area contributed by atoms with Crippen molar-refractivity contribution in [1.82, 2.24) is 4.98 Å². The van der Waals surface area contributed by atoms with Crippen LogP contribution in [0.5, 0.6) is 0 Å². The quantitative estimate of drug-likeness (QED) is 0.253. The van der Waals surface area contributed by atoms with Gasteiger partial charge < -0.3 is 0 Å². The lowest BCUT2D eigenvalue weighted by molar-refractivity contribution is -0.689. The van der Waals surface area contributed by atoms with Crippen LogP contribution in [-0.4, -0.2) is 10.8 Å². The Morgan fingerprint density at radius 1 is 0.793 bits per heavy atom. The van der Waals surface area contributed by atoms with E-state index in [1.165, 1.54) is 5.56 Å². The van der Waals surface area contributed by atoms with Gasteiger partial charge in [0.1, 0.15) is 0 Å². The molecule has 0 aliphatic rings. The number of nitrogens with zero attached hydrogens (tertiary/aromatic N) is 2. The Morgan fingerprint density at radius 2 is 1.41 bits per heavy atom. The predicted molar refractivity (Wildman–Crippen MR) is 115 cm³/mol. The first-order valence-electron chi connectivity index (χ1n) is 9.64. The summed E-state index contributed by atoms with van der Waals surface area (Å²) in [6, 6.07) is 28.4. The molecule has 0 amide bonds. The molecule has 4 aromatic carbocycles. The number of aromatic nitrogens is 2. The van der Waals surface area contributed by atoms with Crippen LogP contribution < -0.4 is 4.57 Å². The standard InChI is InChI=1S/C26H19N2O/c29-26(24-18-28(15-14-27-24)17-19-8-2-1-3-9-19)25-22-12-6-4-10-20(22)16-21-11-5-7-13-23(21)25/h1-16,18H,17H2/q+1. The molecule has 5 aromatic rings. The Balaban J connectivity index is 1.64. The molecule has 1 heterocycles. The third-order valence-electron chi connectivity index (χ3n) is 5.20. The number of fused-ring (bicyclic) bond motifs is 2. The Kier molecular flexibility index (Phi) is 4.34. The fourth-order valence-corrected chi connectivity index (χ4v) is 3.83. The van der Waals surface area contributed by atoms with Crippen molar-refractivity contribution in [3.05, 3.63) is 120 Å². The predicted octanol–water partition coefficient (Wildman–Crippen LogP) is 4.95. The maximum atomic E-state index is 13.6. The number of hydrogen-bond donors (Lipinski definition) is 0. The highest BCUT2D eigenvalue weighted by Crippen LogP contribution is 2.29. The van der Waals surface area contributed by atoms with Gasteiger partial charge in [0.25, 0.3) is 0 Å². The van der Waals surface area contributed by atoms with E-state index in [1.54, 1.807) is 6.20 Å². The van der Waals surface area contributed by atoms with Crippen molar-refractivity contribution in [3.63, 3.8) is 0 Å². The Hall–Kier alpha value is -3.85. The largest absolute Gasteiger partial charge is 0.287 e. The lowest BCUT2D eigenvalue weighted by Gasteiger charge is -2.10. The monoisotopic (exact) mass is 375 g/mol. The fourth-order valence-electron chi connectivity index (χ4n) is 3.83. The van der Waals surface area contributed by atoms with Crippen LogP contribution in [0.4, 0.5) is 0 Å². The van der Waals surface area contributed by atoms with Crippen molar-refractivity contribution in [1.29, 1.82) is 0 Å². The number of ketones is 1. The second kappa shape index (κ2) is 7.28. The minimum absolute atomic E-state index is 0.0552. The first kappa shape index (κ1) is 17.3. The SMILES string of the molecule is O=C(c1c[n+](Cc2ccccc2)ccn1)c1c2ccccc2cc2ccccc12. The van der Waals surface area contributed by atoms with Gasteiger partial charge in [-0.2, -0.15) is 4.57 Å². The zero-order chi connectivity index (χ0) is 19.6. The molecule has 0 saturated carbocycles. The highest BCUT2D eigenvalue weighted by Gasteiger charge is 2.20. The van der Waals surface area contributed by atoms with E-state index in [0.29, 0.717) is 17.8 Å². The lowest BCUT2D eigenvalue weighted by Crippen LogP contribution is -2.35. The fraction of sp³-hybridized carbons (Fsp3) is 0.0385. The normalized spacial score (nSPS) is 11.0. The summed E-state index contributed by atoms with van der Waals surface area (Å²) in [6.07, 6.45) is 5.43. The van der Waals surface area contributed by atoms with Gasteiger partial charge >= 0.3 is 0 Å². The van der Waals surface area contributed by atoms with E-state index < -0.39 is 0 Å². The van der Waals surface area contributed by atoms with Crippen LogP contribution in [0.3, 0.4) is 0 Å². The molecular weight excluding hydrogens is 356 g/mol. The van der Waals surface area contributed by atoms with E-state index in [0.717, 1.165) is 21.5 Å². The van der Waals surface area contributed by atoms with E-state index >= 15 is 0 Å². The first-order valence-corrected chi connectivity index (χ1v) is 9.64. The molecule has 0 fully saturated rings. The van der Waals surface area contributed by atoms with Gasteiger partial charge in [0.2, 0.25) is 5.78 Å². The number of hydrogen-bond acceptors (Lipinski definition) is 2. The highest BCUT2D eigenvalue weighted by atomic mass is 16.1. The summed E-state index contributed by atoms with van der Waals surface area (Å²) in [7, 11) is 0. The molecule has 5 rings (SSSR count). The van der Waals surface area contributed by atoms with E-state index in [1.807, 2.05) is 83.7 Å². The van der Waals surface area contributed by atoms with Gasteiger partial charge in [0, 0.05) is 11.1 Å². The van der Waals surface area contributed by atoms with Gasteiger partial charge in [0.05, 0.1) is 6.20 Å². The Labute approximate surface area is 168 Å². The van der Waals surface area contributed by atoms with Crippen LogP contribution in [0.15, 0.2) is 104 Å². The summed E-state index contributed by atoms with van der Waals surface area (Å²) in [6.45, 7) is 0.694. The smallest absolute Gasteiger partial charge is 0.218 e. The average Bonchev–Trinajstić information content (AvgIpc) is 2.78. The maximum absolute atomic E-state index is 13.6. The van der Waals surface area contributed by atoms with Gasteiger partial charge in [-0.25, -0.2) is 4.98 Å². The summed E-state index contributed by atoms with van der Waals surface area (Å²) in [4.78, 5) is 18.0. The maximum Gasteiger partial charge on any atom is 0.218 e. The van der Waals surface area contributed by atoms with Gasteiger partial charge in [-0.3, -0.25) is 4.79 Å². The van der Waals surface area contributed by atoms with E-state index in [4.69, 9.17) is 0 Å². The summed E-state index contributed by atoms with van der Waals surface area (Å²) in [5.74, 6) is -0.0552. The Morgan fingerprint density at radius 3 is 2.10 bits per heavy atom. The van der Waals surface area contributed by atoms with Crippen molar-refractivity contribution in [3.8, 4) is 0 Å². The molecule has 0 saturated heterocycles. The van der Waals surface area contributed by atoms with Crippen LogP contribution in [0.1, 0.15) is 21.6 Å². The van der Waals surface area contributed by atoms with Crippen molar-refractivity contribution in [2.45, 2.75) is 6.54 Å². The molecule has 0 aliphatic heterocycles. The summed E-state index contributed by atoms with van der Waals surface area (Å²) in [5.41, 5.74) is 2.34. The topological polar surface area (TPSA) is 33.8 Å². The minimum atomic E-state index is -0.0552. The molecule has 0 aliphatic carbocycles. The van der Waals surface area contributed by atoms with Crippen LogP contribution in [-0.2, 0) is 6.54 Å². The van der Waals surface area contributed by atoms with Gasteiger partial charge in [0.15, 0.2) is 24.6 Å². The van der Waals surface area contributed by atoms with Crippen molar-refractivity contribution in [2.75, 3.05) is 0 Å². The van der Waals surface area contributed by atoms with Crippen molar-refractivity contribution >= 4 is 27.3 Å². The molecular formula is C26H19N2O+. The van der Waals surface area contributed by atoms with Crippen LogP contribution >= 0.6 is 0 Å². The number of carbonyl (C=O) groups is 1. The van der Waals surface area contributed by atoms with Gasteiger partial charge in [-0.1, -0.05) is 78.9 Å².